The molecule has 0 spiro atoms. The molecule has 0 bridgehead atoms. The van der Waals surface area contributed by atoms with Crippen molar-refractivity contribution >= 4 is 16.9 Å². The Kier molecular flexibility index (Phi) is 4.57. The number of benzene rings is 2. The van der Waals surface area contributed by atoms with Gasteiger partial charge in [0.05, 0.1) is 0 Å². The summed E-state index contributed by atoms with van der Waals surface area (Å²) >= 11 is 0. The van der Waals surface area contributed by atoms with Gasteiger partial charge in [-0.2, -0.15) is 0 Å². The number of carboxylic acids is 1. The maximum absolute atomic E-state index is 11.9. The predicted molar refractivity (Wildman–Crippen MR) is 94.3 cm³/mol. The number of aromatic carboxylic acids is 1. The normalized spacial score (nSPS) is 10.8. The average molecular weight is 338 g/mol. The van der Waals surface area contributed by atoms with Gasteiger partial charge in [-0.05, 0) is 36.6 Å². The Morgan fingerprint density at radius 1 is 1.20 bits per heavy atom. The first kappa shape index (κ1) is 16.8. The third-order valence-corrected chi connectivity index (χ3v) is 4.16. The molecule has 128 valence electrons. The second-order valence-corrected chi connectivity index (χ2v) is 5.78. The number of carbonyl (C=O) groups is 1. The first-order valence-corrected chi connectivity index (χ1v) is 8.01. The first-order valence-electron chi connectivity index (χ1n) is 8.01. The van der Waals surface area contributed by atoms with Crippen LogP contribution >= 0.6 is 0 Å². The van der Waals surface area contributed by atoms with Gasteiger partial charge in [0.25, 0.3) is 0 Å². The molecule has 25 heavy (non-hydrogen) atoms. The van der Waals surface area contributed by atoms with Gasteiger partial charge in [-0.1, -0.05) is 37.3 Å². The lowest BCUT2D eigenvalue weighted by Gasteiger charge is -2.14. The molecule has 0 unspecified atom stereocenters. The summed E-state index contributed by atoms with van der Waals surface area (Å²) in [6.07, 6.45) is 0.658. The molecule has 3 rings (SSSR count). The molecule has 3 aromatic rings. The highest BCUT2D eigenvalue weighted by molar-refractivity contribution is 5.94. The standard InChI is InChI=1S/C20H18O5/c1-3-14-9-17(24-11-13-7-5-4-6-8-13)12(2)18-15(14)10-16(19(21)22)20(23)25-18/h4-10H,3,11H2,1-2H3,(H,21,22). The SMILES string of the molecule is CCc1cc(OCc2ccccc2)c(C)c2oc(=O)c(C(=O)O)cc12. The minimum atomic E-state index is -1.29. The van der Waals surface area contributed by atoms with Crippen LogP contribution in [-0.2, 0) is 13.0 Å². The molecular formula is C20H18O5. The van der Waals surface area contributed by atoms with Crippen molar-refractivity contribution in [2.24, 2.45) is 0 Å². The van der Waals surface area contributed by atoms with E-state index in [2.05, 4.69) is 0 Å². The Labute approximate surface area is 144 Å². The molecule has 0 saturated heterocycles. The number of hydrogen-bond donors (Lipinski definition) is 1. The number of aryl methyl sites for hydroxylation is 2. The van der Waals surface area contributed by atoms with Crippen LogP contribution in [0.5, 0.6) is 5.75 Å². The monoisotopic (exact) mass is 338 g/mol. The van der Waals surface area contributed by atoms with Crippen LogP contribution in [0.1, 0.15) is 34.0 Å². The van der Waals surface area contributed by atoms with E-state index >= 15 is 0 Å². The molecule has 0 radical (unpaired) electrons. The molecule has 0 atom stereocenters. The first-order chi connectivity index (χ1) is 12.0. The van der Waals surface area contributed by atoms with Gasteiger partial charge in [-0.25, -0.2) is 9.59 Å². The van der Waals surface area contributed by atoms with Crippen LogP contribution in [0.4, 0.5) is 0 Å². The van der Waals surface area contributed by atoms with E-state index in [0.29, 0.717) is 35.3 Å². The van der Waals surface area contributed by atoms with E-state index < -0.39 is 11.6 Å². The maximum atomic E-state index is 11.9. The highest BCUT2D eigenvalue weighted by Crippen LogP contribution is 2.31. The Hall–Kier alpha value is -3.08. The van der Waals surface area contributed by atoms with Gasteiger partial charge in [0.2, 0.25) is 0 Å². The Bertz CT molecular complexity index is 986. The summed E-state index contributed by atoms with van der Waals surface area (Å²) in [6.45, 7) is 4.15. The topological polar surface area (TPSA) is 76.7 Å². The predicted octanol–water partition coefficient (Wildman–Crippen LogP) is 3.94. The van der Waals surface area contributed by atoms with E-state index in [4.69, 9.17) is 14.3 Å². The molecule has 5 nitrogen and oxygen atoms in total. The van der Waals surface area contributed by atoms with Gasteiger partial charge in [-0.15, -0.1) is 0 Å². The van der Waals surface area contributed by atoms with E-state index in [9.17, 15) is 9.59 Å². The van der Waals surface area contributed by atoms with Crippen molar-refractivity contribution in [2.75, 3.05) is 0 Å². The van der Waals surface area contributed by atoms with E-state index in [1.54, 1.807) is 6.92 Å². The maximum Gasteiger partial charge on any atom is 0.351 e. The van der Waals surface area contributed by atoms with Crippen molar-refractivity contribution in [3.8, 4) is 5.75 Å². The summed E-state index contributed by atoms with van der Waals surface area (Å²) < 4.78 is 11.2. The molecule has 1 heterocycles. The molecule has 0 aliphatic heterocycles. The van der Waals surface area contributed by atoms with Gasteiger partial charge in [0.15, 0.2) is 0 Å². The number of carboxylic acid groups (broad SMARTS) is 1. The van der Waals surface area contributed by atoms with Crippen molar-refractivity contribution in [1.29, 1.82) is 0 Å². The lowest BCUT2D eigenvalue weighted by molar-refractivity contribution is 0.0692. The highest BCUT2D eigenvalue weighted by Gasteiger charge is 2.17. The minimum absolute atomic E-state index is 0.362. The van der Waals surface area contributed by atoms with Crippen molar-refractivity contribution in [1.82, 2.24) is 0 Å². The van der Waals surface area contributed by atoms with Crippen LogP contribution in [0, 0.1) is 6.92 Å². The Morgan fingerprint density at radius 3 is 2.56 bits per heavy atom. The zero-order valence-electron chi connectivity index (χ0n) is 14.0. The number of rotatable bonds is 5. The molecule has 5 heteroatoms. The summed E-state index contributed by atoms with van der Waals surface area (Å²) in [7, 11) is 0. The summed E-state index contributed by atoms with van der Waals surface area (Å²) in [4.78, 5) is 23.1. The molecule has 0 saturated carbocycles. The van der Waals surface area contributed by atoms with Crippen LogP contribution in [0.3, 0.4) is 0 Å². The number of ether oxygens (including phenoxy) is 1. The molecular weight excluding hydrogens is 320 g/mol. The molecule has 0 fully saturated rings. The van der Waals surface area contributed by atoms with Gasteiger partial charge in [0, 0.05) is 10.9 Å². The Morgan fingerprint density at radius 2 is 1.92 bits per heavy atom. The molecule has 2 aromatic carbocycles. The van der Waals surface area contributed by atoms with Crippen molar-refractivity contribution in [3.05, 3.63) is 75.1 Å². The smallest absolute Gasteiger partial charge is 0.351 e. The number of hydrogen-bond acceptors (Lipinski definition) is 4. The van der Waals surface area contributed by atoms with Crippen LogP contribution < -0.4 is 10.4 Å². The van der Waals surface area contributed by atoms with E-state index in [1.165, 1.54) is 6.07 Å². The third kappa shape index (κ3) is 3.26. The second kappa shape index (κ2) is 6.81. The van der Waals surface area contributed by atoms with E-state index in [1.807, 2.05) is 43.3 Å². The fourth-order valence-electron chi connectivity index (χ4n) is 2.77. The summed E-state index contributed by atoms with van der Waals surface area (Å²) in [5.41, 5.74) is 1.73. The van der Waals surface area contributed by atoms with Crippen LogP contribution in [0.15, 0.2) is 51.7 Å². The fourth-order valence-corrected chi connectivity index (χ4v) is 2.77. The zero-order chi connectivity index (χ0) is 18.0. The van der Waals surface area contributed by atoms with Crippen molar-refractivity contribution in [3.63, 3.8) is 0 Å². The molecule has 1 N–H and O–H groups in total. The zero-order valence-corrected chi connectivity index (χ0v) is 14.0. The van der Waals surface area contributed by atoms with Crippen LogP contribution in [-0.4, -0.2) is 11.1 Å². The van der Waals surface area contributed by atoms with E-state index in [-0.39, 0.29) is 5.56 Å². The quantitative estimate of drug-likeness (QED) is 0.713. The van der Waals surface area contributed by atoms with Gasteiger partial charge in [-0.3, -0.25) is 0 Å². The second-order valence-electron chi connectivity index (χ2n) is 5.78. The lowest BCUT2D eigenvalue weighted by Crippen LogP contribution is -2.13. The van der Waals surface area contributed by atoms with Gasteiger partial charge >= 0.3 is 11.6 Å². The van der Waals surface area contributed by atoms with Crippen LogP contribution in [0.2, 0.25) is 0 Å². The molecule has 0 aliphatic carbocycles. The summed E-state index contributed by atoms with van der Waals surface area (Å²) in [6, 6.07) is 13.0. The summed E-state index contributed by atoms with van der Waals surface area (Å²) in [5, 5.41) is 9.77. The fraction of sp³-hybridized carbons (Fsp3) is 0.200. The van der Waals surface area contributed by atoms with E-state index in [0.717, 1.165) is 11.1 Å². The minimum Gasteiger partial charge on any atom is -0.488 e. The molecule has 0 amide bonds. The van der Waals surface area contributed by atoms with Crippen LogP contribution in [0.25, 0.3) is 11.0 Å². The molecule has 1 aromatic heterocycles. The van der Waals surface area contributed by atoms with Gasteiger partial charge < -0.3 is 14.3 Å². The number of fused-ring (bicyclic) bond motifs is 1. The Balaban J connectivity index is 2.09. The average Bonchev–Trinajstić information content (AvgIpc) is 2.61. The van der Waals surface area contributed by atoms with Gasteiger partial charge in [0.1, 0.15) is 23.5 Å². The highest BCUT2D eigenvalue weighted by atomic mass is 16.5. The lowest BCUT2D eigenvalue weighted by atomic mass is 10.0. The largest absolute Gasteiger partial charge is 0.488 e. The van der Waals surface area contributed by atoms with Crippen molar-refractivity contribution < 1.29 is 19.1 Å². The summed E-state index contributed by atoms with van der Waals surface area (Å²) in [5.74, 6) is -0.667. The van der Waals surface area contributed by atoms with Crippen molar-refractivity contribution in [2.45, 2.75) is 26.9 Å². The third-order valence-electron chi connectivity index (χ3n) is 4.16. The molecule has 0 aliphatic rings.